The van der Waals surface area contributed by atoms with Crippen LogP contribution in [0, 0.1) is 6.92 Å². The van der Waals surface area contributed by atoms with Crippen LogP contribution < -0.4 is 14.5 Å². The number of aryl methyl sites for hydroxylation is 1. The van der Waals surface area contributed by atoms with Crippen molar-refractivity contribution >= 4 is 17.4 Å². The van der Waals surface area contributed by atoms with Gasteiger partial charge >= 0.3 is 6.01 Å². The van der Waals surface area contributed by atoms with Gasteiger partial charge in [0, 0.05) is 44.8 Å². The Morgan fingerprint density at radius 3 is 2.60 bits per heavy atom. The SMILES string of the molecule is C=CC(=O)N1CCN(c2nc(OC(C)CN(C)C)nc3c2CCN(c2c(C)cccc2O)C3)CC1. The van der Waals surface area contributed by atoms with Crippen LogP contribution in [0.2, 0.25) is 0 Å². The number of piperazine rings is 1. The fraction of sp³-hybridized carbons (Fsp3) is 0.500. The highest BCUT2D eigenvalue weighted by Crippen LogP contribution is 2.36. The minimum absolute atomic E-state index is 0.0374. The predicted molar refractivity (Wildman–Crippen MR) is 137 cm³/mol. The van der Waals surface area contributed by atoms with Gasteiger partial charge < -0.3 is 29.4 Å². The maximum Gasteiger partial charge on any atom is 0.318 e. The second-order valence-electron chi connectivity index (χ2n) is 9.58. The van der Waals surface area contributed by atoms with Gasteiger partial charge in [-0.25, -0.2) is 0 Å². The average Bonchev–Trinajstić information content (AvgIpc) is 2.82. The van der Waals surface area contributed by atoms with Crippen LogP contribution in [0.5, 0.6) is 11.8 Å². The number of phenolic OH excluding ortho intramolecular Hbond substituents is 1. The number of anilines is 2. The van der Waals surface area contributed by atoms with Crippen molar-refractivity contribution in [3.05, 3.63) is 47.7 Å². The lowest BCUT2D eigenvalue weighted by molar-refractivity contribution is -0.126. The lowest BCUT2D eigenvalue weighted by Crippen LogP contribution is -2.49. The number of benzene rings is 1. The van der Waals surface area contributed by atoms with Gasteiger partial charge in [-0.3, -0.25) is 4.79 Å². The Labute approximate surface area is 207 Å². The number of hydrogen-bond acceptors (Lipinski definition) is 8. The molecular formula is C26H36N6O3. The predicted octanol–water partition coefficient (Wildman–Crippen LogP) is 2.22. The van der Waals surface area contributed by atoms with Crippen LogP contribution in [0.1, 0.15) is 23.7 Å². The molecule has 1 fully saturated rings. The summed E-state index contributed by atoms with van der Waals surface area (Å²) in [7, 11) is 4.02. The highest BCUT2D eigenvalue weighted by molar-refractivity contribution is 5.87. The molecule has 0 radical (unpaired) electrons. The van der Waals surface area contributed by atoms with Gasteiger partial charge in [-0.05, 0) is 52.1 Å². The van der Waals surface area contributed by atoms with Crippen LogP contribution in [0.15, 0.2) is 30.9 Å². The van der Waals surface area contributed by atoms with Gasteiger partial charge in [-0.2, -0.15) is 9.97 Å². The Hall–Kier alpha value is -3.33. The average molecular weight is 481 g/mol. The molecule has 1 N–H and O–H groups in total. The third-order valence-corrected chi connectivity index (χ3v) is 6.55. The molecule has 1 aromatic carbocycles. The Morgan fingerprint density at radius 2 is 1.94 bits per heavy atom. The second kappa shape index (κ2) is 10.5. The zero-order chi connectivity index (χ0) is 25.1. The largest absolute Gasteiger partial charge is 0.506 e. The Balaban J connectivity index is 1.65. The molecule has 0 spiro atoms. The number of ether oxygens (including phenoxy) is 1. The summed E-state index contributed by atoms with van der Waals surface area (Å²) in [6.45, 7) is 12.3. The molecule has 35 heavy (non-hydrogen) atoms. The minimum atomic E-state index is -0.0712. The third-order valence-electron chi connectivity index (χ3n) is 6.55. The molecule has 2 aliphatic heterocycles. The summed E-state index contributed by atoms with van der Waals surface area (Å²) < 4.78 is 6.15. The van der Waals surface area contributed by atoms with Gasteiger partial charge in [-0.15, -0.1) is 0 Å². The lowest BCUT2D eigenvalue weighted by Gasteiger charge is -2.38. The summed E-state index contributed by atoms with van der Waals surface area (Å²) >= 11 is 0. The number of likely N-dealkylation sites (N-methyl/N-ethyl adjacent to an activating group) is 1. The monoisotopic (exact) mass is 480 g/mol. The van der Waals surface area contributed by atoms with Crippen molar-refractivity contribution in [2.24, 2.45) is 0 Å². The molecular weight excluding hydrogens is 444 g/mol. The van der Waals surface area contributed by atoms with Crippen molar-refractivity contribution in [2.45, 2.75) is 32.9 Å². The van der Waals surface area contributed by atoms with E-state index in [9.17, 15) is 9.90 Å². The molecule has 3 heterocycles. The summed E-state index contributed by atoms with van der Waals surface area (Å²) in [5.74, 6) is 1.13. The van der Waals surface area contributed by atoms with Gasteiger partial charge in [0.1, 0.15) is 17.7 Å². The topological polar surface area (TPSA) is 85.3 Å². The maximum absolute atomic E-state index is 12.0. The van der Waals surface area contributed by atoms with Crippen molar-refractivity contribution in [1.82, 2.24) is 19.8 Å². The fourth-order valence-corrected chi connectivity index (χ4v) is 4.95. The standard InChI is InChI=1S/C26H36N6O3/c1-6-23(34)30-12-14-31(15-13-30)25-20-10-11-32(24-18(2)8-7-9-22(24)33)17-21(20)27-26(28-25)35-19(3)16-29(4)5/h6-9,19,33H,1,10-17H2,2-5H3. The number of para-hydroxylation sites is 1. The van der Waals surface area contributed by atoms with E-state index in [1.54, 1.807) is 6.07 Å². The van der Waals surface area contributed by atoms with E-state index in [1.165, 1.54) is 6.08 Å². The van der Waals surface area contributed by atoms with Crippen molar-refractivity contribution in [2.75, 3.05) is 63.2 Å². The quantitative estimate of drug-likeness (QED) is 0.604. The number of fused-ring (bicyclic) bond motifs is 1. The second-order valence-corrected chi connectivity index (χ2v) is 9.58. The van der Waals surface area contributed by atoms with Gasteiger partial charge in [0.25, 0.3) is 0 Å². The zero-order valence-corrected chi connectivity index (χ0v) is 21.2. The van der Waals surface area contributed by atoms with Gasteiger partial charge in [0.05, 0.1) is 17.9 Å². The van der Waals surface area contributed by atoms with E-state index in [-0.39, 0.29) is 17.8 Å². The molecule has 0 bridgehead atoms. The molecule has 0 saturated carbocycles. The molecule has 2 aromatic rings. The van der Waals surface area contributed by atoms with E-state index in [0.29, 0.717) is 38.7 Å². The van der Waals surface area contributed by atoms with E-state index in [4.69, 9.17) is 14.7 Å². The highest BCUT2D eigenvalue weighted by atomic mass is 16.5. The molecule has 2 aliphatic rings. The normalized spacial score (nSPS) is 16.8. The van der Waals surface area contributed by atoms with Crippen LogP contribution in [0.25, 0.3) is 0 Å². The number of aromatic hydroxyl groups is 1. The summed E-state index contributed by atoms with van der Waals surface area (Å²) in [5, 5.41) is 10.5. The molecule has 1 unspecified atom stereocenters. The summed E-state index contributed by atoms with van der Waals surface area (Å²) in [5.41, 5.74) is 3.91. The molecule has 1 atom stereocenters. The number of amides is 1. The minimum Gasteiger partial charge on any atom is -0.506 e. The number of hydrogen-bond donors (Lipinski definition) is 1. The number of carbonyl (C=O) groups is 1. The van der Waals surface area contributed by atoms with Gasteiger partial charge in [0.2, 0.25) is 5.91 Å². The van der Waals surface area contributed by atoms with E-state index in [1.807, 2.05) is 45.0 Å². The molecule has 9 heteroatoms. The first kappa shape index (κ1) is 24.8. The van der Waals surface area contributed by atoms with Crippen molar-refractivity contribution < 1.29 is 14.6 Å². The van der Waals surface area contributed by atoms with Crippen LogP contribution in [-0.2, 0) is 17.8 Å². The Kier molecular flexibility index (Phi) is 7.45. The van der Waals surface area contributed by atoms with Crippen molar-refractivity contribution in [3.8, 4) is 11.8 Å². The van der Waals surface area contributed by atoms with E-state index >= 15 is 0 Å². The molecule has 9 nitrogen and oxygen atoms in total. The molecule has 4 rings (SSSR count). The Morgan fingerprint density at radius 1 is 1.20 bits per heavy atom. The van der Waals surface area contributed by atoms with Crippen molar-refractivity contribution in [1.29, 1.82) is 0 Å². The van der Waals surface area contributed by atoms with E-state index in [2.05, 4.69) is 21.3 Å². The number of rotatable bonds is 7. The van der Waals surface area contributed by atoms with Crippen LogP contribution in [0.3, 0.4) is 0 Å². The third kappa shape index (κ3) is 5.51. The molecule has 1 amide bonds. The van der Waals surface area contributed by atoms with Gasteiger partial charge in [0.15, 0.2) is 0 Å². The van der Waals surface area contributed by atoms with Crippen LogP contribution in [-0.4, -0.2) is 90.2 Å². The number of nitrogens with zero attached hydrogens (tertiary/aromatic N) is 6. The summed E-state index contributed by atoms with van der Waals surface area (Å²) in [6.07, 6.45) is 2.06. The summed E-state index contributed by atoms with van der Waals surface area (Å²) in [4.78, 5) is 30.0. The fourth-order valence-electron chi connectivity index (χ4n) is 4.95. The Bertz CT molecular complexity index is 1060. The zero-order valence-electron chi connectivity index (χ0n) is 21.2. The smallest absolute Gasteiger partial charge is 0.318 e. The molecule has 1 aromatic heterocycles. The number of carbonyl (C=O) groups excluding carboxylic acids is 1. The first-order valence-corrected chi connectivity index (χ1v) is 12.2. The first-order chi connectivity index (χ1) is 16.8. The number of aromatic nitrogens is 2. The lowest BCUT2D eigenvalue weighted by atomic mass is 10.0. The van der Waals surface area contributed by atoms with E-state index in [0.717, 1.165) is 47.8 Å². The van der Waals surface area contributed by atoms with Crippen molar-refractivity contribution in [3.63, 3.8) is 0 Å². The van der Waals surface area contributed by atoms with Crippen LogP contribution in [0.4, 0.5) is 11.5 Å². The molecule has 1 saturated heterocycles. The molecule has 188 valence electrons. The van der Waals surface area contributed by atoms with Gasteiger partial charge in [-0.1, -0.05) is 18.7 Å². The molecule has 0 aliphatic carbocycles. The highest BCUT2D eigenvalue weighted by Gasteiger charge is 2.29. The first-order valence-electron chi connectivity index (χ1n) is 12.2. The summed E-state index contributed by atoms with van der Waals surface area (Å²) in [6, 6.07) is 5.97. The maximum atomic E-state index is 12.0. The van der Waals surface area contributed by atoms with Crippen LogP contribution >= 0.6 is 0 Å². The number of phenols is 1. The van der Waals surface area contributed by atoms with E-state index < -0.39 is 0 Å².